The lowest BCUT2D eigenvalue weighted by Gasteiger charge is -2.28. The maximum atomic E-state index is 14.3. The molecular weight excluding hydrogens is 1400 g/mol. The second kappa shape index (κ2) is 34.8. The van der Waals surface area contributed by atoms with Crippen molar-refractivity contribution >= 4 is 158 Å². The lowest BCUT2D eigenvalue weighted by Crippen LogP contribution is -2.33. The van der Waals surface area contributed by atoms with Crippen molar-refractivity contribution in [3.8, 4) is 11.5 Å². The summed E-state index contributed by atoms with van der Waals surface area (Å²) in [6, 6.07) is 17.4. The Balaban J connectivity index is 1.15. The van der Waals surface area contributed by atoms with Crippen molar-refractivity contribution in [2.75, 3.05) is 139 Å². The predicted molar refractivity (Wildman–Crippen MR) is 392 cm³/mol. The minimum Gasteiger partial charge on any atom is -0.494 e. The van der Waals surface area contributed by atoms with Crippen LogP contribution >= 0.6 is 22.7 Å². The number of Topliss-reactive ketones (excluding diaryl/α,β-unsaturated/α-hetero) is 2. The molecule has 1 unspecified atom stereocenters. The fourth-order valence-corrected chi connectivity index (χ4v) is 14.8. The Hall–Kier alpha value is -9.69. The molecule has 0 radical (unpaired) electrons. The third-order valence-corrected chi connectivity index (χ3v) is 20.3. The van der Waals surface area contributed by atoms with Gasteiger partial charge in [-0.1, -0.05) is 46.9 Å². The van der Waals surface area contributed by atoms with Crippen molar-refractivity contribution in [3.05, 3.63) is 88.1 Å². The number of carbonyl (C=O) groups is 4. The highest BCUT2D eigenvalue weighted by molar-refractivity contribution is 7.86. The standard InChI is InChI=1S/C66H82N18O14S4/c1-9-80(10-2)49-36-45(47(38-51(49)97-7)76-78-65-71-58(82-27-19-13-20-28-82)53(99-65)35-42(40(5)87)60(89)67-43-23-15-17-25-54(43)101(91,92)93)69-62-73-63(75-64(74-62)84(31-33-85)32-34-86)70-46-37-50(81(11-3)12-4)52(98-8)39-48(46)77-79-66-72-59(83-29-21-14-22-30-83)57(100-66)56(41(6)88)61(90)68-44-24-16-18-26-55(44)102(94,95)96/h15-18,23-26,35-39,56,85-86H,9-14,19-22,27-34H2,1-8H3,(H,67,89)(H,68,90)(H,91,92,93)(H,94,95,96)(H2,69,70,73,74,75)/b42-35+,78-76+,79-77+. The summed E-state index contributed by atoms with van der Waals surface area (Å²) < 4.78 is 81.1. The molecule has 2 fully saturated rings. The van der Waals surface area contributed by atoms with Crippen molar-refractivity contribution in [1.82, 2.24) is 24.9 Å². The number of aromatic nitrogens is 5. The van der Waals surface area contributed by atoms with Crippen molar-refractivity contribution in [2.24, 2.45) is 20.5 Å². The molecule has 5 heterocycles. The van der Waals surface area contributed by atoms with Crippen molar-refractivity contribution in [3.63, 3.8) is 0 Å². The van der Waals surface area contributed by atoms with Crippen LogP contribution in [0.2, 0.25) is 0 Å². The second-order valence-electron chi connectivity index (χ2n) is 23.3. The van der Waals surface area contributed by atoms with E-state index in [0.717, 1.165) is 73.3 Å². The van der Waals surface area contributed by atoms with Gasteiger partial charge in [0.05, 0.1) is 76.9 Å². The van der Waals surface area contributed by atoms with Gasteiger partial charge in [-0.05, 0) is 123 Å². The molecular formula is C66H82N18O14S4. The number of piperidine rings is 2. The number of amides is 2. The minimum absolute atomic E-state index is 0.0142. The molecule has 7 aromatic rings. The normalized spacial score (nSPS) is 14.0. The number of anilines is 11. The molecule has 544 valence electrons. The molecule has 36 heteroatoms. The number of aliphatic hydroxyl groups is 2. The van der Waals surface area contributed by atoms with Crippen LogP contribution in [0.3, 0.4) is 0 Å². The molecule has 102 heavy (non-hydrogen) atoms. The Bertz CT molecular complexity index is 4510. The van der Waals surface area contributed by atoms with Crippen LogP contribution in [0, 0.1) is 0 Å². The largest absolute Gasteiger partial charge is 0.494 e. The summed E-state index contributed by atoms with van der Waals surface area (Å²) in [4.78, 5) is 88.7. The van der Waals surface area contributed by atoms with E-state index in [9.17, 15) is 55.3 Å². The summed E-state index contributed by atoms with van der Waals surface area (Å²) in [5, 5.41) is 51.4. The van der Waals surface area contributed by atoms with E-state index in [1.165, 1.54) is 70.5 Å². The zero-order chi connectivity index (χ0) is 73.4. The predicted octanol–water partition coefficient (Wildman–Crippen LogP) is 11.0. The molecule has 2 amide bonds. The van der Waals surface area contributed by atoms with Gasteiger partial charge in [0.25, 0.3) is 26.1 Å². The van der Waals surface area contributed by atoms with Crippen molar-refractivity contribution in [2.45, 2.75) is 95.8 Å². The first kappa shape index (κ1) is 76.5. The number of hydrogen-bond donors (Lipinski definition) is 8. The average Bonchev–Trinajstić information content (AvgIpc) is 0.866. The quantitative estimate of drug-likeness (QED) is 0.00623. The lowest BCUT2D eigenvalue weighted by molar-refractivity contribution is -0.126. The summed E-state index contributed by atoms with van der Waals surface area (Å²) in [7, 11) is -6.53. The summed E-state index contributed by atoms with van der Waals surface area (Å²) in [6.45, 7) is 14.1. The van der Waals surface area contributed by atoms with Gasteiger partial charge in [0.15, 0.2) is 5.78 Å². The lowest BCUT2D eigenvalue weighted by atomic mass is 10.0. The molecule has 2 aliphatic rings. The van der Waals surface area contributed by atoms with Crippen molar-refractivity contribution in [1.29, 1.82) is 0 Å². The van der Waals surface area contributed by atoms with Gasteiger partial charge in [0, 0.05) is 77.6 Å². The highest BCUT2D eigenvalue weighted by Crippen LogP contribution is 2.46. The minimum atomic E-state index is -4.79. The molecule has 2 saturated heterocycles. The zero-order valence-corrected chi connectivity index (χ0v) is 60.8. The monoisotopic (exact) mass is 1480 g/mol. The van der Waals surface area contributed by atoms with E-state index in [-0.39, 0.29) is 93.3 Å². The number of carbonyl (C=O) groups excluding carboxylic acids is 4. The van der Waals surface area contributed by atoms with Crippen LogP contribution in [0.1, 0.15) is 95.7 Å². The number of aliphatic hydroxyl groups excluding tert-OH is 2. The molecule has 0 bridgehead atoms. The number of thiazole rings is 2. The number of para-hydroxylation sites is 2. The summed E-state index contributed by atoms with van der Waals surface area (Å²) in [5.41, 5.74) is 1.45. The van der Waals surface area contributed by atoms with E-state index < -0.39 is 59.3 Å². The Morgan fingerprint density at radius 2 is 1.04 bits per heavy atom. The van der Waals surface area contributed by atoms with E-state index in [4.69, 9.17) is 44.6 Å². The SMILES string of the molecule is CCN(CC)c1cc(Nc2nc(Nc3cc(N(CC)CC)c(OC)cc3/N=N/c3nc(N4CCCCC4)c(C(C(C)=O)C(=O)Nc4ccccc4S(=O)(=O)O)s3)nc(N(CCO)CCO)n2)c(/N=N/c2nc(N3CCCCC3)c(/C=C(\C(C)=O)C(=O)Nc3ccccc3S(=O)(=O)O)s2)cc1OC. The van der Waals surface area contributed by atoms with E-state index in [2.05, 4.69) is 36.4 Å². The van der Waals surface area contributed by atoms with Gasteiger partial charge in [0.1, 0.15) is 56.0 Å². The number of rotatable bonds is 33. The van der Waals surface area contributed by atoms with Gasteiger partial charge in [0.2, 0.25) is 34.0 Å². The average molecular weight is 1480 g/mol. The van der Waals surface area contributed by atoms with Crippen molar-refractivity contribution < 1.29 is 64.8 Å². The Labute approximate surface area is 598 Å². The number of benzene rings is 4. The van der Waals surface area contributed by atoms with E-state index >= 15 is 0 Å². The molecule has 3 aromatic heterocycles. The third-order valence-electron chi connectivity index (χ3n) is 16.7. The fourth-order valence-electron chi connectivity index (χ4n) is 11.6. The Morgan fingerprint density at radius 1 is 0.588 bits per heavy atom. The summed E-state index contributed by atoms with van der Waals surface area (Å²) in [5.74, 6) is -3.06. The van der Waals surface area contributed by atoms with Gasteiger partial charge in [-0.3, -0.25) is 28.3 Å². The first-order chi connectivity index (χ1) is 48.9. The number of hydrogen-bond acceptors (Lipinski definition) is 30. The summed E-state index contributed by atoms with van der Waals surface area (Å²) >= 11 is 1.99. The third kappa shape index (κ3) is 18.7. The topological polar surface area (TPSA) is 414 Å². The number of nitrogens with one attached hydrogen (secondary N) is 4. The number of methoxy groups -OCH3 is 2. The molecule has 0 saturated carbocycles. The molecule has 32 nitrogen and oxygen atoms in total. The van der Waals surface area contributed by atoms with Gasteiger partial charge >= 0.3 is 0 Å². The Morgan fingerprint density at radius 3 is 1.48 bits per heavy atom. The van der Waals surface area contributed by atoms with Crippen LogP contribution < -0.4 is 55.2 Å². The molecule has 0 spiro atoms. The highest BCUT2D eigenvalue weighted by Gasteiger charge is 2.35. The molecule has 8 N–H and O–H groups in total. The smallest absolute Gasteiger partial charge is 0.296 e. The maximum absolute atomic E-state index is 14.3. The van der Waals surface area contributed by atoms with E-state index in [1.807, 2.05) is 42.4 Å². The van der Waals surface area contributed by atoms with Crippen LogP contribution in [0.4, 0.5) is 85.2 Å². The van der Waals surface area contributed by atoms with Gasteiger partial charge in [-0.15, -0.1) is 20.5 Å². The molecule has 0 aliphatic carbocycles. The maximum Gasteiger partial charge on any atom is 0.296 e. The highest BCUT2D eigenvalue weighted by atomic mass is 32.2. The van der Waals surface area contributed by atoms with Crippen LogP contribution in [0.25, 0.3) is 6.08 Å². The molecule has 9 rings (SSSR count). The number of nitrogens with zero attached hydrogens (tertiary/aromatic N) is 14. The number of ketones is 2. The number of azo groups is 2. The van der Waals surface area contributed by atoms with Crippen LogP contribution in [-0.4, -0.2) is 177 Å². The van der Waals surface area contributed by atoms with Crippen LogP contribution in [0.15, 0.2) is 109 Å². The van der Waals surface area contributed by atoms with Crippen LogP contribution in [-0.2, 0) is 39.4 Å². The first-order valence-electron chi connectivity index (χ1n) is 33.0. The fraction of sp³-hybridized carbons (Fsp3) is 0.409. The van der Waals surface area contributed by atoms with E-state index in [1.54, 1.807) is 29.2 Å². The molecule has 2 aliphatic heterocycles. The zero-order valence-electron chi connectivity index (χ0n) is 57.6. The molecule has 1 atom stereocenters. The van der Waals surface area contributed by atoms with Gasteiger partial charge < -0.3 is 65.5 Å². The van der Waals surface area contributed by atoms with Crippen LogP contribution in [0.5, 0.6) is 11.5 Å². The number of ether oxygens (including phenoxy) is 2. The Kier molecular flexibility index (Phi) is 26.1. The summed E-state index contributed by atoms with van der Waals surface area (Å²) in [6.07, 6.45) is 6.56. The second-order valence-corrected chi connectivity index (χ2v) is 28.1. The van der Waals surface area contributed by atoms with Gasteiger partial charge in [-0.2, -0.15) is 41.8 Å². The first-order valence-corrected chi connectivity index (χ1v) is 37.5. The van der Waals surface area contributed by atoms with Gasteiger partial charge in [-0.25, -0.2) is 0 Å². The molecule has 4 aromatic carbocycles. The van der Waals surface area contributed by atoms with E-state index in [0.29, 0.717) is 97.4 Å².